The molecule has 0 aromatic carbocycles. The number of nitrogens with zero attached hydrogens (tertiary/aromatic N) is 4. The Balaban J connectivity index is 2.58. The molecule has 0 radical (unpaired) electrons. The van der Waals surface area contributed by atoms with Gasteiger partial charge in [-0.3, -0.25) is 0 Å². The first-order valence-corrected chi connectivity index (χ1v) is 5.58. The second kappa shape index (κ2) is 5.50. The van der Waals surface area contributed by atoms with Gasteiger partial charge in [0.15, 0.2) is 0 Å². The molecule has 0 bridgehead atoms. The van der Waals surface area contributed by atoms with Crippen molar-refractivity contribution in [2.75, 3.05) is 14.2 Å². The normalized spacial score (nSPS) is 9.79. The molecule has 0 unspecified atom stereocenters. The molecule has 7 heteroatoms. The van der Waals surface area contributed by atoms with Crippen molar-refractivity contribution in [2.24, 2.45) is 0 Å². The minimum absolute atomic E-state index is 0.183. The molecule has 2 rings (SSSR count). The Hall–Kier alpha value is -2.39. The number of hydrogen-bond donors (Lipinski definition) is 0. The molecule has 0 saturated heterocycles. The van der Waals surface area contributed by atoms with E-state index in [0.29, 0.717) is 22.2 Å². The van der Waals surface area contributed by atoms with E-state index in [1.807, 2.05) is 6.07 Å². The van der Waals surface area contributed by atoms with Gasteiger partial charge >= 0.3 is 6.01 Å². The second-order valence-electron chi connectivity index (χ2n) is 3.45. The molecule has 0 spiro atoms. The summed E-state index contributed by atoms with van der Waals surface area (Å²) in [5.74, 6) is 0.297. The van der Waals surface area contributed by atoms with E-state index in [-0.39, 0.29) is 11.7 Å². The molecule has 96 valence electrons. The van der Waals surface area contributed by atoms with Crippen molar-refractivity contribution in [3.8, 4) is 29.2 Å². The van der Waals surface area contributed by atoms with Crippen molar-refractivity contribution in [2.45, 2.75) is 0 Å². The van der Waals surface area contributed by atoms with Crippen LogP contribution in [0.3, 0.4) is 0 Å². The molecule has 2 aromatic rings. The maximum atomic E-state index is 8.89. The molecule has 0 aliphatic rings. The first-order valence-electron chi connectivity index (χ1n) is 5.21. The topological polar surface area (TPSA) is 80.9 Å². The van der Waals surface area contributed by atoms with Crippen LogP contribution in [0.4, 0.5) is 0 Å². The van der Waals surface area contributed by atoms with Gasteiger partial charge in [0.05, 0.1) is 25.5 Å². The molecular weight excluding hydrogens is 268 g/mol. The molecule has 2 heterocycles. The third-order valence-electron chi connectivity index (χ3n) is 2.29. The van der Waals surface area contributed by atoms with Crippen LogP contribution in [0.15, 0.2) is 18.3 Å². The Kier molecular flexibility index (Phi) is 3.78. The summed E-state index contributed by atoms with van der Waals surface area (Å²) in [4.78, 5) is 12.2. The number of aromatic nitrogens is 3. The number of hydrogen-bond acceptors (Lipinski definition) is 6. The van der Waals surface area contributed by atoms with E-state index in [4.69, 9.17) is 26.3 Å². The number of methoxy groups -OCH3 is 2. The van der Waals surface area contributed by atoms with E-state index in [2.05, 4.69) is 15.0 Å². The maximum absolute atomic E-state index is 8.89. The smallest absolute Gasteiger partial charge is 0.319 e. The predicted molar refractivity (Wildman–Crippen MR) is 68.1 cm³/mol. The zero-order valence-electron chi connectivity index (χ0n) is 10.2. The molecule has 0 aliphatic heterocycles. The van der Waals surface area contributed by atoms with Crippen molar-refractivity contribution in [3.63, 3.8) is 0 Å². The minimum Gasteiger partial charge on any atom is -0.480 e. The molecular formula is C12H9ClN4O2. The van der Waals surface area contributed by atoms with Crippen molar-refractivity contribution >= 4 is 11.6 Å². The zero-order valence-corrected chi connectivity index (χ0v) is 11.0. The number of halogens is 1. The summed E-state index contributed by atoms with van der Waals surface area (Å²) in [5, 5.41) is 9.29. The first kappa shape index (κ1) is 13.1. The Bertz CT molecular complexity index is 655. The van der Waals surface area contributed by atoms with Crippen LogP contribution in [0.25, 0.3) is 11.3 Å². The number of rotatable bonds is 3. The van der Waals surface area contributed by atoms with Crippen LogP contribution in [0, 0.1) is 11.3 Å². The van der Waals surface area contributed by atoms with Gasteiger partial charge in [-0.1, -0.05) is 11.6 Å². The lowest BCUT2D eigenvalue weighted by Gasteiger charge is -2.08. The van der Waals surface area contributed by atoms with Crippen LogP contribution < -0.4 is 9.47 Å². The fraction of sp³-hybridized carbons (Fsp3) is 0.167. The molecule has 0 atom stereocenters. The van der Waals surface area contributed by atoms with Crippen molar-refractivity contribution in [1.29, 1.82) is 5.26 Å². The fourth-order valence-electron chi connectivity index (χ4n) is 1.47. The van der Waals surface area contributed by atoms with Gasteiger partial charge in [-0.25, -0.2) is 9.97 Å². The van der Waals surface area contributed by atoms with Crippen molar-refractivity contribution in [3.05, 3.63) is 29.0 Å². The van der Waals surface area contributed by atoms with Crippen LogP contribution in [0.1, 0.15) is 5.69 Å². The molecule has 6 nitrogen and oxygen atoms in total. The summed E-state index contributed by atoms with van der Waals surface area (Å²) in [5.41, 5.74) is 1.20. The maximum Gasteiger partial charge on any atom is 0.319 e. The molecule has 0 aliphatic carbocycles. The fourth-order valence-corrected chi connectivity index (χ4v) is 1.68. The van der Waals surface area contributed by atoms with E-state index in [1.165, 1.54) is 26.5 Å². The third kappa shape index (κ3) is 2.72. The van der Waals surface area contributed by atoms with E-state index >= 15 is 0 Å². The highest BCUT2D eigenvalue weighted by molar-refractivity contribution is 6.30. The van der Waals surface area contributed by atoms with E-state index < -0.39 is 0 Å². The van der Waals surface area contributed by atoms with Crippen LogP contribution in [0.5, 0.6) is 11.9 Å². The zero-order chi connectivity index (χ0) is 13.8. The van der Waals surface area contributed by atoms with Gasteiger partial charge in [0.1, 0.15) is 11.8 Å². The molecule has 2 aromatic heterocycles. The Morgan fingerprint density at radius 1 is 1.21 bits per heavy atom. The Morgan fingerprint density at radius 2 is 2.00 bits per heavy atom. The largest absolute Gasteiger partial charge is 0.480 e. The van der Waals surface area contributed by atoms with E-state index in [9.17, 15) is 0 Å². The molecule has 0 amide bonds. The first-order chi connectivity index (χ1) is 9.17. The highest BCUT2D eigenvalue weighted by Crippen LogP contribution is 2.29. The SMILES string of the molecule is COc1ncc(-c2cc(Cl)cc(C#N)n2)c(OC)n1. The third-order valence-corrected chi connectivity index (χ3v) is 2.51. The van der Waals surface area contributed by atoms with Crippen molar-refractivity contribution < 1.29 is 9.47 Å². The van der Waals surface area contributed by atoms with Crippen LogP contribution in [0.2, 0.25) is 5.02 Å². The lowest BCUT2D eigenvalue weighted by atomic mass is 10.2. The lowest BCUT2D eigenvalue weighted by molar-refractivity contribution is 0.353. The highest BCUT2D eigenvalue weighted by atomic mass is 35.5. The standard InChI is InChI=1S/C12H9ClN4O2/c1-18-11-9(6-15-12(17-11)19-2)10-4-7(13)3-8(5-14)16-10/h3-4,6H,1-2H3. The monoisotopic (exact) mass is 276 g/mol. The quantitative estimate of drug-likeness (QED) is 0.854. The van der Waals surface area contributed by atoms with Gasteiger partial charge < -0.3 is 9.47 Å². The van der Waals surface area contributed by atoms with Crippen LogP contribution in [-0.4, -0.2) is 29.2 Å². The summed E-state index contributed by atoms with van der Waals surface area (Å²) < 4.78 is 10.1. The van der Waals surface area contributed by atoms with Gasteiger partial charge in [-0.2, -0.15) is 10.2 Å². The number of pyridine rings is 1. The molecule has 19 heavy (non-hydrogen) atoms. The van der Waals surface area contributed by atoms with Crippen LogP contribution >= 0.6 is 11.6 Å². The lowest BCUT2D eigenvalue weighted by Crippen LogP contribution is -1.99. The second-order valence-corrected chi connectivity index (χ2v) is 3.88. The average molecular weight is 277 g/mol. The van der Waals surface area contributed by atoms with Crippen molar-refractivity contribution in [1.82, 2.24) is 15.0 Å². The minimum atomic E-state index is 0.183. The number of nitriles is 1. The van der Waals surface area contributed by atoms with Gasteiger partial charge in [-0.15, -0.1) is 0 Å². The summed E-state index contributed by atoms with van der Waals surface area (Å²) in [6.45, 7) is 0. The van der Waals surface area contributed by atoms with E-state index in [0.717, 1.165) is 0 Å². The average Bonchev–Trinajstić information content (AvgIpc) is 2.45. The number of ether oxygens (including phenoxy) is 2. The Morgan fingerprint density at radius 3 is 2.63 bits per heavy atom. The van der Waals surface area contributed by atoms with Crippen LogP contribution in [-0.2, 0) is 0 Å². The summed E-state index contributed by atoms with van der Waals surface area (Å²) >= 11 is 5.94. The van der Waals surface area contributed by atoms with Gasteiger partial charge in [-0.05, 0) is 12.1 Å². The molecule has 0 N–H and O–H groups in total. The van der Waals surface area contributed by atoms with Gasteiger partial charge in [0, 0.05) is 11.2 Å². The van der Waals surface area contributed by atoms with Gasteiger partial charge in [0.2, 0.25) is 5.88 Å². The summed E-state index contributed by atoms with van der Waals surface area (Å²) in [6.07, 6.45) is 1.50. The molecule has 0 fully saturated rings. The molecule has 0 saturated carbocycles. The summed E-state index contributed by atoms with van der Waals surface area (Å²) in [6, 6.07) is 5.20. The Labute approximate surface area is 114 Å². The summed E-state index contributed by atoms with van der Waals surface area (Å²) in [7, 11) is 2.93. The highest BCUT2D eigenvalue weighted by Gasteiger charge is 2.13. The van der Waals surface area contributed by atoms with Gasteiger partial charge in [0.25, 0.3) is 0 Å². The van der Waals surface area contributed by atoms with E-state index in [1.54, 1.807) is 6.07 Å². The predicted octanol–water partition coefficient (Wildman–Crippen LogP) is 2.08.